The van der Waals surface area contributed by atoms with Crippen LogP contribution < -0.4 is 10.2 Å². The van der Waals surface area contributed by atoms with Crippen LogP contribution in [0.15, 0.2) is 22.7 Å². The average Bonchev–Trinajstić information content (AvgIpc) is 2.34. The number of carbonyl (C=O) groups is 1. The molecule has 0 aromatic heterocycles. The summed E-state index contributed by atoms with van der Waals surface area (Å²) in [6, 6.07) is 5.22. The lowest BCUT2D eigenvalue weighted by Gasteiger charge is -2.24. The maximum absolute atomic E-state index is 11.8. The first-order valence-electron chi connectivity index (χ1n) is 6.71. The van der Waals surface area contributed by atoms with Crippen molar-refractivity contribution >= 4 is 27.7 Å². The Hall–Kier alpha value is -1.27. The Morgan fingerprint density at radius 1 is 1.43 bits per heavy atom. The Morgan fingerprint density at radius 2 is 2.05 bits per heavy atom. The van der Waals surface area contributed by atoms with Crippen molar-refractivity contribution in [1.82, 2.24) is 5.32 Å². The lowest BCUT2D eigenvalue weighted by Crippen LogP contribution is -2.36. The van der Waals surface area contributed by atoms with Crippen LogP contribution in [0.3, 0.4) is 0 Å². The zero-order valence-electron chi connectivity index (χ0n) is 13.1. The van der Waals surface area contributed by atoms with Gasteiger partial charge in [0.05, 0.1) is 12.6 Å². The van der Waals surface area contributed by atoms with Crippen LogP contribution in [0.2, 0.25) is 0 Å². The van der Waals surface area contributed by atoms with Gasteiger partial charge in [-0.25, -0.2) is 4.79 Å². The van der Waals surface area contributed by atoms with E-state index in [0.29, 0.717) is 0 Å². The number of ether oxygens (including phenoxy) is 1. The Bertz CT molecular complexity index is 498. The fraction of sp³-hybridized carbons (Fsp3) is 0.533. The van der Waals surface area contributed by atoms with Crippen LogP contribution >= 0.6 is 15.9 Å². The van der Waals surface area contributed by atoms with Crippen LogP contribution in [-0.4, -0.2) is 37.5 Å². The first kappa shape index (κ1) is 17.8. The van der Waals surface area contributed by atoms with Gasteiger partial charge in [0.1, 0.15) is 5.60 Å². The molecule has 0 aliphatic carbocycles. The van der Waals surface area contributed by atoms with Crippen molar-refractivity contribution in [2.45, 2.75) is 32.4 Å². The summed E-state index contributed by atoms with van der Waals surface area (Å²) in [6.45, 7) is 5.17. The number of carbonyl (C=O) groups excluding carboxylic acids is 1. The van der Waals surface area contributed by atoms with Gasteiger partial charge in [-0.05, 0) is 38.5 Å². The maximum Gasteiger partial charge on any atom is 0.408 e. The van der Waals surface area contributed by atoms with E-state index in [4.69, 9.17) is 4.74 Å². The van der Waals surface area contributed by atoms with Crippen LogP contribution in [0, 0.1) is 0 Å². The van der Waals surface area contributed by atoms with Crippen LogP contribution in [-0.2, 0) is 4.74 Å². The maximum atomic E-state index is 11.8. The van der Waals surface area contributed by atoms with E-state index in [0.717, 1.165) is 15.7 Å². The molecule has 2 N–H and O–H groups in total. The van der Waals surface area contributed by atoms with Crippen molar-refractivity contribution in [2.75, 3.05) is 25.6 Å². The number of alkyl carbamates (subject to hydrolysis) is 1. The van der Waals surface area contributed by atoms with Crippen molar-refractivity contribution in [3.05, 3.63) is 28.2 Å². The fourth-order valence-corrected chi connectivity index (χ4v) is 2.39. The molecule has 0 bridgehead atoms. The van der Waals surface area contributed by atoms with Crippen LogP contribution in [0.25, 0.3) is 0 Å². The zero-order valence-corrected chi connectivity index (χ0v) is 14.7. The molecule has 6 heteroatoms. The van der Waals surface area contributed by atoms with Gasteiger partial charge in [0.15, 0.2) is 0 Å². The highest BCUT2D eigenvalue weighted by Gasteiger charge is 2.21. The summed E-state index contributed by atoms with van der Waals surface area (Å²) in [5, 5.41) is 12.2. The van der Waals surface area contributed by atoms with Gasteiger partial charge < -0.3 is 20.1 Å². The molecule has 1 rings (SSSR count). The second-order valence-corrected chi connectivity index (χ2v) is 6.84. The van der Waals surface area contributed by atoms with Crippen molar-refractivity contribution in [3.8, 4) is 0 Å². The molecule has 1 amide bonds. The van der Waals surface area contributed by atoms with E-state index < -0.39 is 17.7 Å². The summed E-state index contributed by atoms with van der Waals surface area (Å²) in [7, 11) is 3.90. The highest BCUT2D eigenvalue weighted by molar-refractivity contribution is 9.10. The molecular formula is C15H23BrN2O3. The highest BCUT2D eigenvalue weighted by atomic mass is 79.9. The molecule has 0 spiro atoms. The molecule has 1 aromatic rings. The molecule has 0 unspecified atom stereocenters. The lowest BCUT2D eigenvalue weighted by atomic mass is 10.1. The van der Waals surface area contributed by atoms with E-state index in [-0.39, 0.29) is 6.61 Å². The molecular weight excluding hydrogens is 336 g/mol. The number of anilines is 1. The predicted molar refractivity (Wildman–Crippen MR) is 87.7 cm³/mol. The Kier molecular flexibility index (Phi) is 6.04. The Morgan fingerprint density at radius 3 is 2.48 bits per heavy atom. The van der Waals surface area contributed by atoms with Gasteiger partial charge in [-0.3, -0.25) is 0 Å². The number of rotatable bonds is 4. The summed E-state index contributed by atoms with van der Waals surface area (Å²) >= 11 is 3.48. The number of benzene rings is 1. The van der Waals surface area contributed by atoms with Crippen molar-refractivity contribution < 1.29 is 14.6 Å². The largest absolute Gasteiger partial charge is 0.444 e. The van der Waals surface area contributed by atoms with Gasteiger partial charge in [0.2, 0.25) is 0 Å². The number of aliphatic hydroxyl groups excluding tert-OH is 1. The summed E-state index contributed by atoms with van der Waals surface area (Å²) < 4.78 is 6.03. The van der Waals surface area contributed by atoms with Gasteiger partial charge >= 0.3 is 6.09 Å². The second-order valence-electron chi connectivity index (χ2n) is 5.98. The number of nitrogens with one attached hydrogen (secondary N) is 1. The molecule has 0 saturated carbocycles. The fourth-order valence-electron chi connectivity index (χ4n) is 1.75. The standard InChI is InChI=1S/C15H23BrN2O3/c1-15(2,3)21-14(20)17-13(9-19)11-7-6-10(18(4)5)8-12(11)16/h6-8,13,19H,9H2,1-5H3,(H,17,20)/t13-/m0/s1. The highest BCUT2D eigenvalue weighted by Crippen LogP contribution is 2.28. The summed E-state index contributed by atoms with van der Waals surface area (Å²) in [4.78, 5) is 13.8. The van der Waals surface area contributed by atoms with Crippen LogP contribution in [0.5, 0.6) is 0 Å². The third-order valence-electron chi connectivity index (χ3n) is 2.75. The quantitative estimate of drug-likeness (QED) is 0.867. The Balaban J connectivity index is 2.88. The minimum atomic E-state index is -0.573. The molecule has 0 fully saturated rings. The first-order valence-corrected chi connectivity index (χ1v) is 7.50. The number of hydrogen-bond donors (Lipinski definition) is 2. The van der Waals surface area contributed by atoms with Crippen LogP contribution in [0.1, 0.15) is 32.4 Å². The number of nitrogens with zero attached hydrogens (tertiary/aromatic N) is 1. The van der Waals surface area contributed by atoms with Gasteiger partial charge in [-0.15, -0.1) is 0 Å². The normalized spacial score (nSPS) is 12.7. The van der Waals surface area contributed by atoms with E-state index in [9.17, 15) is 9.90 Å². The molecule has 0 saturated heterocycles. The van der Waals surface area contributed by atoms with Crippen LogP contribution in [0.4, 0.5) is 10.5 Å². The summed E-state index contributed by atoms with van der Waals surface area (Å²) in [5.74, 6) is 0. The molecule has 0 aliphatic heterocycles. The molecule has 1 aromatic carbocycles. The summed E-state index contributed by atoms with van der Waals surface area (Å²) in [6.07, 6.45) is -0.551. The van der Waals surface area contributed by atoms with Gasteiger partial charge in [0, 0.05) is 24.3 Å². The van der Waals surface area contributed by atoms with E-state index in [1.54, 1.807) is 20.8 Å². The smallest absolute Gasteiger partial charge is 0.408 e. The van der Waals surface area contributed by atoms with E-state index >= 15 is 0 Å². The number of amides is 1. The van der Waals surface area contributed by atoms with Gasteiger partial charge in [-0.1, -0.05) is 22.0 Å². The molecule has 0 heterocycles. The monoisotopic (exact) mass is 358 g/mol. The molecule has 0 aliphatic rings. The zero-order chi connectivity index (χ0) is 16.2. The molecule has 21 heavy (non-hydrogen) atoms. The third kappa shape index (κ3) is 5.55. The first-order chi connectivity index (χ1) is 9.64. The topological polar surface area (TPSA) is 61.8 Å². The van der Waals surface area contributed by atoms with E-state index in [1.807, 2.05) is 37.2 Å². The SMILES string of the molecule is CN(C)c1ccc([C@H](CO)NC(=O)OC(C)(C)C)c(Br)c1. The number of hydrogen-bond acceptors (Lipinski definition) is 4. The molecule has 1 atom stereocenters. The Labute approximate surface area is 134 Å². The third-order valence-corrected chi connectivity index (χ3v) is 3.44. The van der Waals surface area contributed by atoms with Gasteiger partial charge in [0.25, 0.3) is 0 Å². The van der Waals surface area contributed by atoms with Crippen molar-refractivity contribution in [2.24, 2.45) is 0 Å². The van der Waals surface area contributed by atoms with E-state index in [1.165, 1.54) is 0 Å². The summed E-state index contributed by atoms with van der Waals surface area (Å²) in [5.41, 5.74) is 1.25. The molecule has 5 nitrogen and oxygen atoms in total. The molecule has 118 valence electrons. The van der Waals surface area contributed by atoms with E-state index in [2.05, 4.69) is 21.2 Å². The minimum Gasteiger partial charge on any atom is -0.444 e. The minimum absolute atomic E-state index is 0.209. The average molecular weight is 359 g/mol. The lowest BCUT2D eigenvalue weighted by molar-refractivity contribution is 0.0481. The van der Waals surface area contributed by atoms with Crippen molar-refractivity contribution in [1.29, 1.82) is 0 Å². The second kappa shape index (κ2) is 7.13. The number of halogens is 1. The predicted octanol–water partition coefficient (Wildman–Crippen LogP) is 3.07. The number of aliphatic hydroxyl groups is 1. The van der Waals surface area contributed by atoms with Crippen molar-refractivity contribution in [3.63, 3.8) is 0 Å². The molecule has 0 radical (unpaired) electrons. The van der Waals surface area contributed by atoms with Gasteiger partial charge in [-0.2, -0.15) is 0 Å².